The Morgan fingerprint density at radius 3 is 1.12 bits per heavy atom. The maximum absolute atomic E-state index is 3.56. The molecule has 0 bridgehead atoms. The lowest BCUT2D eigenvalue weighted by Gasteiger charge is -1.88. The molecule has 2 aliphatic carbocycles. The van der Waals surface area contributed by atoms with E-state index in [-0.39, 0.29) is 0 Å². The molecule has 0 aromatic rings. The van der Waals surface area contributed by atoms with Gasteiger partial charge < -0.3 is 0 Å². The zero-order valence-electron chi connectivity index (χ0n) is 10.9. The lowest BCUT2D eigenvalue weighted by molar-refractivity contribution is 1.04. The number of rotatable bonds is 1. The second kappa shape index (κ2) is 12.5. The third kappa shape index (κ3) is 14.4. The van der Waals surface area contributed by atoms with Crippen LogP contribution in [0.4, 0.5) is 0 Å². The molecule has 2 aliphatic rings. The third-order valence-corrected chi connectivity index (χ3v) is 2.12. The van der Waals surface area contributed by atoms with Gasteiger partial charge in [0.1, 0.15) is 0 Å². The van der Waals surface area contributed by atoms with Crippen molar-refractivity contribution in [3.8, 4) is 0 Å². The molecular weight excluding hydrogens is 204 g/mol. The summed E-state index contributed by atoms with van der Waals surface area (Å²) < 4.78 is 0. The standard InChI is InChI=1S/2C6H8.C5H8/c2*1-2-4-6-5-3-1;1-4-5(2)3/h2*1-4H,5-6H2;4H,1-2H2,3H3. The average molecular weight is 228 g/mol. The Hall–Kier alpha value is -1.56. The van der Waals surface area contributed by atoms with Gasteiger partial charge in [-0.25, -0.2) is 0 Å². The maximum atomic E-state index is 3.56. The van der Waals surface area contributed by atoms with E-state index >= 15 is 0 Å². The number of hydrogen-bond acceptors (Lipinski definition) is 0. The molecule has 2 rings (SSSR count). The molecule has 0 radical (unpaired) electrons. The van der Waals surface area contributed by atoms with E-state index in [2.05, 4.69) is 61.8 Å². The molecule has 0 heteroatoms. The van der Waals surface area contributed by atoms with Crippen molar-refractivity contribution in [2.75, 3.05) is 0 Å². The van der Waals surface area contributed by atoms with Gasteiger partial charge in [0.2, 0.25) is 0 Å². The van der Waals surface area contributed by atoms with Crippen LogP contribution in [0.2, 0.25) is 0 Å². The monoisotopic (exact) mass is 228 g/mol. The first-order valence-electron chi connectivity index (χ1n) is 6.18. The lowest BCUT2D eigenvalue weighted by atomic mass is 10.2. The van der Waals surface area contributed by atoms with Crippen LogP contribution in [0.25, 0.3) is 0 Å². The second-order valence-corrected chi connectivity index (χ2v) is 3.92. The lowest BCUT2D eigenvalue weighted by Crippen LogP contribution is -1.67. The van der Waals surface area contributed by atoms with Crippen LogP contribution in [0.5, 0.6) is 0 Å². The van der Waals surface area contributed by atoms with Gasteiger partial charge in [0.05, 0.1) is 0 Å². The summed E-state index contributed by atoms with van der Waals surface area (Å²) in [6, 6.07) is 0. The highest BCUT2D eigenvalue weighted by Crippen LogP contribution is 1.98. The summed E-state index contributed by atoms with van der Waals surface area (Å²) in [5.74, 6) is 0. The van der Waals surface area contributed by atoms with Crippen LogP contribution in [-0.2, 0) is 0 Å². The van der Waals surface area contributed by atoms with E-state index < -0.39 is 0 Å². The van der Waals surface area contributed by atoms with Gasteiger partial charge in [-0.3, -0.25) is 0 Å². The smallest absolute Gasteiger partial charge is 0.0313 e. The van der Waals surface area contributed by atoms with Gasteiger partial charge in [-0.15, -0.1) is 0 Å². The molecule has 0 nitrogen and oxygen atoms in total. The molecule has 0 atom stereocenters. The van der Waals surface area contributed by atoms with Gasteiger partial charge in [0.25, 0.3) is 0 Å². The van der Waals surface area contributed by atoms with Crippen LogP contribution in [0.3, 0.4) is 0 Å². The van der Waals surface area contributed by atoms with Crippen molar-refractivity contribution in [1.82, 2.24) is 0 Å². The van der Waals surface area contributed by atoms with E-state index in [1.165, 1.54) is 25.7 Å². The average Bonchev–Trinajstić information content (AvgIpc) is 2.44. The molecule has 0 amide bonds. The van der Waals surface area contributed by atoms with Gasteiger partial charge in [0.15, 0.2) is 0 Å². The minimum atomic E-state index is 1.02. The first kappa shape index (κ1) is 15.4. The Morgan fingerprint density at radius 2 is 1.06 bits per heavy atom. The molecule has 0 aromatic heterocycles. The Balaban J connectivity index is 0.000000228. The fraction of sp³-hybridized carbons (Fsp3) is 0.294. The summed E-state index contributed by atoms with van der Waals surface area (Å²) >= 11 is 0. The Bertz CT molecular complexity index is 263. The molecule has 0 N–H and O–H groups in total. The van der Waals surface area contributed by atoms with Crippen LogP contribution in [0, 0.1) is 0 Å². The molecule has 0 spiro atoms. The summed E-state index contributed by atoms with van der Waals surface area (Å²) in [5.41, 5.74) is 1.02. The van der Waals surface area contributed by atoms with Gasteiger partial charge in [-0.2, -0.15) is 0 Å². The summed E-state index contributed by atoms with van der Waals surface area (Å²) in [6.07, 6.45) is 23.7. The molecule has 0 aromatic carbocycles. The van der Waals surface area contributed by atoms with Crippen LogP contribution in [0.1, 0.15) is 32.6 Å². The van der Waals surface area contributed by atoms with E-state index in [1.54, 1.807) is 6.08 Å². The predicted octanol–water partition coefficient (Wildman–Crippen LogP) is 5.53. The van der Waals surface area contributed by atoms with Gasteiger partial charge in [0, 0.05) is 0 Å². The van der Waals surface area contributed by atoms with Crippen molar-refractivity contribution < 1.29 is 0 Å². The third-order valence-electron chi connectivity index (χ3n) is 2.12. The molecule has 0 fully saturated rings. The SMILES string of the molecule is C1=CCCC=C1.C1=CCCC=C1.C=CC(=C)C. The minimum Gasteiger partial charge on any atom is -0.0988 e. The van der Waals surface area contributed by atoms with Gasteiger partial charge in [-0.1, -0.05) is 73.4 Å². The van der Waals surface area contributed by atoms with Crippen molar-refractivity contribution in [2.24, 2.45) is 0 Å². The van der Waals surface area contributed by atoms with Crippen molar-refractivity contribution in [3.63, 3.8) is 0 Å². The normalized spacial score (nSPS) is 15.1. The van der Waals surface area contributed by atoms with E-state index in [1.807, 2.05) is 6.92 Å². The molecule has 0 unspecified atom stereocenters. The van der Waals surface area contributed by atoms with Crippen molar-refractivity contribution in [2.45, 2.75) is 32.6 Å². The Kier molecular flexibility index (Phi) is 11.4. The predicted molar refractivity (Wildman–Crippen MR) is 80.0 cm³/mol. The Morgan fingerprint density at radius 1 is 0.824 bits per heavy atom. The highest BCUT2D eigenvalue weighted by atomic mass is 13.8. The van der Waals surface area contributed by atoms with E-state index in [9.17, 15) is 0 Å². The summed E-state index contributed by atoms with van der Waals surface area (Å²) in [4.78, 5) is 0. The molecule has 17 heavy (non-hydrogen) atoms. The van der Waals surface area contributed by atoms with Crippen LogP contribution in [-0.4, -0.2) is 0 Å². The van der Waals surface area contributed by atoms with Crippen molar-refractivity contribution >= 4 is 0 Å². The quantitative estimate of drug-likeness (QED) is 0.517. The number of allylic oxidation sites excluding steroid dienone is 10. The van der Waals surface area contributed by atoms with E-state index in [0.29, 0.717) is 0 Å². The van der Waals surface area contributed by atoms with Crippen LogP contribution < -0.4 is 0 Å². The van der Waals surface area contributed by atoms with Crippen molar-refractivity contribution in [1.29, 1.82) is 0 Å². The van der Waals surface area contributed by atoms with Crippen molar-refractivity contribution in [3.05, 3.63) is 73.4 Å². The fourth-order valence-corrected chi connectivity index (χ4v) is 1.08. The number of hydrogen-bond donors (Lipinski definition) is 0. The van der Waals surface area contributed by atoms with Crippen LogP contribution >= 0.6 is 0 Å². The molecule has 0 heterocycles. The topological polar surface area (TPSA) is 0 Å². The maximum Gasteiger partial charge on any atom is -0.0313 e. The second-order valence-electron chi connectivity index (χ2n) is 3.92. The highest BCUT2D eigenvalue weighted by Gasteiger charge is 1.78. The zero-order chi connectivity index (χ0) is 12.8. The summed E-state index contributed by atoms with van der Waals surface area (Å²) in [7, 11) is 0. The Labute approximate surface area is 106 Å². The molecule has 0 saturated carbocycles. The summed E-state index contributed by atoms with van der Waals surface area (Å²) in [5, 5.41) is 0. The zero-order valence-corrected chi connectivity index (χ0v) is 10.9. The first-order valence-corrected chi connectivity index (χ1v) is 6.18. The van der Waals surface area contributed by atoms with Gasteiger partial charge >= 0.3 is 0 Å². The largest absolute Gasteiger partial charge is 0.0988 e. The minimum absolute atomic E-state index is 1.02. The van der Waals surface area contributed by atoms with Gasteiger partial charge in [-0.05, 0) is 32.6 Å². The highest BCUT2D eigenvalue weighted by molar-refractivity contribution is 5.07. The van der Waals surface area contributed by atoms with E-state index in [4.69, 9.17) is 0 Å². The first-order chi connectivity index (χ1) is 8.27. The fourth-order valence-electron chi connectivity index (χ4n) is 1.08. The molecule has 92 valence electrons. The molecule has 0 saturated heterocycles. The van der Waals surface area contributed by atoms with Crippen LogP contribution in [0.15, 0.2) is 73.4 Å². The molecular formula is C17H24. The van der Waals surface area contributed by atoms with E-state index in [0.717, 1.165) is 5.57 Å². The summed E-state index contributed by atoms with van der Waals surface area (Å²) in [6.45, 7) is 8.93. The molecule has 0 aliphatic heterocycles.